The molecule has 41 heavy (non-hydrogen) atoms. The third-order valence-corrected chi connectivity index (χ3v) is 10.2. The topological polar surface area (TPSA) is 91.4 Å². The van der Waals surface area contributed by atoms with Crippen molar-refractivity contribution in [3.05, 3.63) is 99.9 Å². The van der Waals surface area contributed by atoms with Crippen molar-refractivity contribution >= 4 is 44.7 Å². The fourth-order valence-corrected chi connectivity index (χ4v) is 7.79. The average molecular weight is 617 g/mol. The lowest BCUT2D eigenvalue weighted by Crippen LogP contribution is -2.45. The molecule has 214 valence electrons. The first kappa shape index (κ1) is 29.1. The first-order valence-electron chi connectivity index (χ1n) is 12.8. The summed E-state index contributed by atoms with van der Waals surface area (Å²) >= 11 is 6.63. The summed E-state index contributed by atoms with van der Waals surface area (Å²) in [5, 5.41) is 5.97. The van der Waals surface area contributed by atoms with Crippen LogP contribution in [0.5, 0.6) is 0 Å². The second kappa shape index (κ2) is 11.8. The van der Waals surface area contributed by atoms with Crippen LogP contribution in [0.1, 0.15) is 23.1 Å². The molecule has 5 rings (SSSR count). The molecule has 1 atom stereocenters. The Kier molecular flexibility index (Phi) is 8.42. The molecule has 1 fully saturated rings. The van der Waals surface area contributed by atoms with Crippen LogP contribution in [0.4, 0.5) is 14.6 Å². The summed E-state index contributed by atoms with van der Waals surface area (Å²) in [7, 11) is -4.35. The van der Waals surface area contributed by atoms with Gasteiger partial charge >= 0.3 is 0 Å². The Morgan fingerprint density at radius 2 is 1.78 bits per heavy atom. The standard InChI is InChI=1S/C29H27ClF2N4O3S2/c1-19-7-9-22(10-8-19)23-13-21(14-26(35-23)33-16-20-5-3-2-4-6-20)17-34-28(37)24-15-29(31,32)18-36(24)41(38,39)27-12-11-25(30)40-27/h2-14,24H,15-18H2,1H3,(H,33,35)(H,34,37)/t24-/m0/s1. The van der Waals surface area contributed by atoms with Gasteiger partial charge in [-0.25, -0.2) is 22.2 Å². The van der Waals surface area contributed by atoms with Crippen molar-refractivity contribution in [2.24, 2.45) is 0 Å². The maximum atomic E-state index is 14.4. The van der Waals surface area contributed by atoms with E-state index in [1.165, 1.54) is 12.1 Å². The smallest absolute Gasteiger partial charge is 0.263 e. The number of nitrogens with one attached hydrogen (secondary N) is 2. The lowest BCUT2D eigenvalue weighted by atomic mass is 10.1. The van der Waals surface area contributed by atoms with Gasteiger partial charge in [0.05, 0.1) is 16.6 Å². The van der Waals surface area contributed by atoms with Crippen molar-refractivity contribution < 1.29 is 22.0 Å². The van der Waals surface area contributed by atoms with Crippen molar-refractivity contribution in [3.63, 3.8) is 0 Å². The Hall–Kier alpha value is -3.38. The molecular formula is C29H27ClF2N4O3S2. The number of carbonyl (C=O) groups is 1. The van der Waals surface area contributed by atoms with Crippen LogP contribution in [0.25, 0.3) is 11.3 Å². The maximum absolute atomic E-state index is 14.4. The van der Waals surface area contributed by atoms with Gasteiger partial charge in [0.15, 0.2) is 0 Å². The summed E-state index contributed by atoms with van der Waals surface area (Å²) in [6.45, 7) is 1.41. The third-order valence-electron chi connectivity index (χ3n) is 6.66. The van der Waals surface area contributed by atoms with Crippen LogP contribution in [0.15, 0.2) is 83.1 Å². The van der Waals surface area contributed by atoms with Gasteiger partial charge in [0.25, 0.3) is 15.9 Å². The zero-order valence-electron chi connectivity index (χ0n) is 22.0. The van der Waals surface area contributed by atoms with Crippen LogP contribution >= 0.6 is 22.9 Å². The number of pyridine rings is 1. The molecule has 1 aliphatic rings. The molecule has 0 bridgehead atoms. The van der Waals surface area contributed by atoms with Crippen molar-refractivity contribution in [1.82, 2.24) is 14.6 Å². The largest absolute Gasteiger partial charge is 0.366 e. The molecule has 0 spiro atoms. The SMILES string of the molecule is Cc1ccc(-c2cc(CNC(=O)[C@@H]3CC(F)(F)CN3S(=O)(=O)c3ccc(Cl)s3)cc(NCc3ccccc3)n2)cc1. The number of hydrogen-bond acceptors (Lipinski definition) is 6. The summed E-state index contributed by atoms with van der Waals surface area (Å²) < 4.78 is 55.7. The highest BCUT2D eigenvalue weighted by atomic mass is 35.5. The molecule has 7 nitrogen and oxygen atoms in total. The summed E-state index contributed by atoms with van der Waals surface area (Å²) in [4.78, 5) is 17.9. The summed E-state index contributed by atoms with van der Waals surface area (Å²) in [6, 6.07) is 22.3. The minimum Gasteiger partial charge on any atom is -0.366 e. The molecule has 1 aliphatic heterocycles. The Morgan fingerprint density at radius 3 is 2.46 bits per heavy atom. The predicted octanol–water partition coefficient (Wildman–Crippen LogP) is 6.10. The zero-order chi connectivity index (χ0) is 29.2. The number of alkyl halides is 2. The number of anilines is 1. The molecule has 3 heterocycles. The molecule has 2 aromatic heterocycles. The fraction of sp³-hybridized carbons (Fsp3) is 0.241. The van der Waals surface area contributed by atoms with Crippen LogP contribution in [0.3, 0.4) is 0 Å². The van der Waals surface area contributed by atoms with Gasteiger partial charge in [-0.15, -0.1) is 11.3 Å². The Balaban J connectivity index is 1.37. The summed E-state index contributed by atoms with van der Waals surface area (Å²) in [5.41, 5.74) is 4.36. The monoisotopic (exact) mass is 616 g/mol. The predicted molar refractivity (Wildman–Crippen MR) is 157 cm³/mol. The lowest BCUT2D eigenvalue weighted by molar-refractivity contribution is -0.124. The summed E-state index contributed by atoms with van der Waals surface area (Å²) in [5.74, 6) is -3.58. The van der Waals surface area contributed by atoms with Crippen LogP contribution in [0, 0.1) is 6.92 Å². The van der Waals surface area contributed by atoms with E-state index in [1.807, 2.05) is 67.6 Å². The number of halogens is 3. The van der Waals surface area contributed by atoms with Crippen molar-refractivity contribution in [1.29, 1.82) is 0 Å². The van der Waals surface area contributed by atoms with Crippen molar-refractivity contribution in [3.8, 4) is 11.3 Å². The van der Waals surface area contributed by atoms with Gasteiger partial charge in [-0.3, -0.25) is 4.79 Å². The third kappa shape index (κ3) is 6.92. The van der Waals surface area contributed by atoms with Gasteiger partial charge in [0.1, 0.15) is 16.1 Å². The van der Waals surface area contributed by atoms with Gasteiger partial charge in [-0.2, -0.15) is 4.31 Å². The fourth-order valence-electron chi connectivity index (χ4n) is 4.56. The van der Waals surface area contributed by atoms with Crippen LogP contribution in [-0.2, 0) is 27.9 Å². The number of benzene rings is 2. The van der Waals surface area contributed by atoms with Gasteiger partial charge in [0.2, 0.25) is 5.91 Å². The van der Waals surface area contributed by atoms with E-state index in [0.717, 1.165) is 28.0 Å². The highest BCUT2D eigenvalue weighted by Gasteiger charge is 2.53. The minimum absolute atomic E-state index is 0.0129. The number of aromatic nitrogens is 1. The van der Waals surface area contributed by atoms with E-state index in [9.17, 15) is 22.0 Å². The minimum atomic E-state index is -4.35. The number of thiophene rings is 1. The number of sulfonamides is 1. The normalized spacial score (nSPS) is 16.9. The molecule has 1 saturated heterocycles. The van der Waals surface area contributed by atoms with E-state index in [4.69, 9.17) is 16.6 Å². The van der Waals surface area contributed by atoms with Gasteiger partial charge < -0.3 is 10.6 Å². The number of hydrogen-bond donors (Lipinski definition) is 2. The molecule has 0 radical (unpaired) electrons. The van der Waals surface area contributed by atoms with E-state index < -0.39 is 40.9 Å². The van der Waals surface area contributed by atoms with Gasteiger partial charge in [-0.05, 0) is 42.3 Å². The molecule has 1 amide bonds. The maximum Gasteiger partial charge on any atom is 0.263 e. The van der Waals surface area contributed by atoms with E-state index in [2.05, 4.69) is 10.6 Å². The highest BCUT2D eigenvalue weighted by molar-refractivity contribution is 7.91. The second-order valence-electron chi connectivity index (χ2n) is 9.85. The number of aryl methyl sites for hydroxylation is 1. The molecular weight excluding hydrogens is 590 g/mol. The van der Waals surface area contributed by atoms with Gasteiger partial charge in [0, 0.05) is 25.1 Å². The molecule has 0 aliphatic carbocycles. The van der Waals surface area contributed by atoms with E-state index >= 15 is 0 Å². The van der Waals surface area contributed by atoms with E-state index in [-0.39, 0.29) is 15.1 Å². The van der Waals surface area contributed by atoms with E-state index in [1.54, 1.807) is 6.07 Å². The quantitative estimate of drug-likeness (QED) is 0.237. The number of rotatable bonds is 9. The number of amides is 1. The van der Waals surface area contributed by atoms with E-state index in [0.29, 0.717) is 27.9 Å². The number of carbonyl (C=O) groups excluding carboxylic acids is 1. The Labute approximate surface area is 246 Å². The summed E-state index contributed by atoms with van der Waals surface area (Å²) in [6.07, 6.45) is -0.911. The Bertz CT molecular complexity index is 1650. The van der Waals surface area contributed by atoms with Crippen molar-refractivity contribution in [2.45, 2.75) is 42.6 Å². The first-order valence-corrected chi connectivity index (χ1v) is 15.4. The molecule has 4 aromatic rings. The lowest BCUT2D eigenvalue weighted by Gasteiger charge is -2.22. The number of nitrogens with zero attached hydrogens (tertiary/aromatic N) is 2. The molecule has 2 N–H and O–H groups in total. The molecule has 0 unspecified atom stereocenters. The molecule has 2 aromatic carbocycles. The highest BCUT2D eigenvalue weighted by Crippen LogP contribution is 2.38. The Morgan fingerprint density at radius 1 is 1.05 bits per heavy atom. The van der Waals surface area contributed by atoms with Crippen molar-refractivity contribution in [2.75, 3.05) is 11.9 Å². The van der Waals surface area contributed by atoms with Crippen LogP contribution in [0.2, 0.25) is 4.34 Å². The van der Waals surface area contributed by atoms with Gasteiger partial charge in [-0.1, -0.05) is 71.8 Å². The molecule has 0 saturated carbocycles. The zero-order valence-corrected chi connectivity index (χ0v) is 24.4. The second-order valence-corrected chi connectivity index (χ2v) is 13.7. The average Bonchev–Trinajstić information content (AvgIpc) is 3.55. The van der Waals surface area contributed by atoms with Crippen LogP contribution in [-0.4, -0.2) is 42.1 Å². The first-order chi connectivity index (χ1) is 19.5. The van der Waals surface area contributed by atoms with Crippen LogP contribution < -0.4 is 10.6 Å². The molecule has 12 heteroatoms.